The third-order valence-electron chi connectivity index (χ3n) is 7.54. The Kier molecular flexibility index (Phi) is 6.54. The minimum Gasteiger partial charge on any atom is -0.493 e. The lowest BCUT2D eigenvalue weighted by molar-refractivity contribution is -0.144. The predicted octanol–water partition coefficient (Wildman–Crippen LogP) is 4.19. The molecule has 5 heteroatoms. The maximum Gasteiger partial charge on any atom is 0.310 e. The molecule has 2 aliphatic carbocycles. The highest BCUT2D eigenvalue weighted by Gasteiger charge is 2.52. The molecule has 168 valence electrons. The minimum absolute atomic E-state index is 0.0670. The lowest BCUT2D eigenvalue weighted by Crippen LogP contribution is -2.49. The molecule has 0 bridgehead atoms. The monoisotopic (exact) mass is 424 g/mol. The molecule has 0 spiro atoms. The van der Waals surface area contributed by atoms with E-state index in [1.807, 2.05) is 13.0 Å². The van der Waals surface area contributed by atoms with Gasteiger partial charge in [0.05, 0.1) is 12.0 Å². The Balaban J connectivity index is 1.34. The van der Waals surface area contributed by atoms with Crippen LogP contribution in [0.3, 0.4) is 0 Å². The first-order valence-corrected chi connectivity index (χ1v) is 11.6. The van der Waals surface area contributed by atoms with Gasteiger partial charge in [-0.15, -0.1) is 0 Å². The van der Waals surface area contributed by atoms with Crippen molar-refractivity contribution in [3.63, 3.8) is 0 Å². The van der Waals surface area contributed by atoms with Crippen LogP contribution in [0.4, 0.5) is 0 Å². The summed E-state index contributed by atoms with van der Waals surface area (Å²) in [5.74, 6) is 0.820. The molecule has 1 aromatic carbocycles. The number of carbonyl (C=O) groups is 1. The van der Waals surface area contributed by atoms with Crippen LogP contribution < -0.4 is 5.32 Å². The van der Waals surface area contributed by atoms with Crippen molar-refractivity contribution in [1.82, 2.24) is 10.2 Å². The number of nitrogens with zero attached hydrogens (tertiary/aromatic N) is 1. The average Bonchev–Trinajstić information content (AvgIpc) is 3.71. The summed E-state index contributed by atoms with van der Waals surface area (Å²) >= 11 is 0. The molecule has 1 aliphatic heterocycles. The van der Waals surface area contributed by atoms with Crippen molar-refractivity contribution >= 4 is 5.97 Å². The Bertz CT molecular complexity index is 807. The van der Waals surface area contributed by atoms with E-state index in [1.54, 1.807) is 6.08 Å². The first kappa shape index (κ1) is 22.1. The van der Waals surface area contributed by atoms with Crippen LogP contribution in [0.25, 0.3) is 0 Å². The summed E-state index contributed by atoms with van der Waals surface area (Å²) < 4.78 is 6.12. The Labute approximate surface area is 186 Å². The van der Waals surface area contributed by atoms with E-state index < -0.39 is 11.4 Å². The fourth-order valence-electron chi connectivity index (χ4n) is 4.91. The van der Waals surface area contributed by atoms with E-state index in [1.165, 1.54) is 12.0 Å². The molecule has 5 nitrogen and oxygen atoms in total. The van der Waals surface area contributed by atoms with E-state index in [4.69, 9.17) is 4.74 Å². The van der Waals surface area contributed by atoms with Gasteiger partial charge in [-0.05, 0) is 69.8 Å². The van der Waals surface area contributed by atoms with Crippen molar-refractivity contribution in [3.05, 3.63) is 60.4 Å². The van der Waals surface area contributed by atoms with Crippen molar-refractivity contribution < 1.29 is 14.6 Å². The molecule has 2 saturated carbocycles. The van der Waals surface area contributed by atoms with Crippen LogP contribution in [0, 0.1) is 10.8 Å². The standard InChI is InChI=1S/C26H36N2O3/c1-3-21(4-2)31-19-25(17-27-23-16-22(23)20-8-6-5-7-9-20)12-14-28(15-13-25)18-26(10-11-26)24(29)30/h3-9,22-23,27H,1,10-19H2,2H3,(H,29,30). The quantitative estimate of drug-likeness (QED) is 0.412. The number of piperidine rings is 1. The van der Waals surface area contributed by atoms with Crippen molar-refractivity contribution in [2.45, 2.75) is 51.0 Å². The van der Waals surface area contributed by atoms with Gasteiger partial charge < -0.3 is 20.1 Å². The smallest absolute Gasteiger partial charge is 0.310 e. The number of hydrogen-bond acceptors (Lipinski definition) is 4. The highest BCUT2D eigenvalue weighted by atomic mass is 16.5. The number of aliphatic carboxylic acids is 1. The number of likely N-dealkylation sites (tertiary alicyclic amines) is 1. The Morgan fingerprint density at radius 3 is 2.55 bits per heavy atom. The minimum atomic E-state index is -0.626. The lowest BCUT2D eigenvalue weighted by atomic mass is 9.78. The zero-order chi connectivity index (χ0) is 21.9. The van der Waals surface area contributed by atoms with Gasteiger partial charge in [-0.1, -0.05) is 36.9 Å². The van der Waals surface area contributed by atoms with Crippen LogP contribution >= 0.6 is 0 Å². The summed E-state index contributed by atoms with van der Waals surface area (Å²) in [4.78, 5) is 13.9. The topological polar surface area (TPSA) is 61.8 Å². The van der Waals surface area contributed by atoms with Gasteiger partial charge in [-0.3, -0.25) is 4.79 Å². The van der Waals surface area contributed by atoms with Gasteiger partial charge in [-0.25, -0.2) is 0 Å². The SMILES string of the molecule is C=CC(=CC)OCC1(CNC2CC2c2ccccc2)CCN(CC2(C(=O)O)CC2)CC1. The molecule has 1 aromatic rings. The maximum absolute atomic E-state index is 11.6. The summed E-state index contributed by atoms with van der Waals surface area (Å²) in [5.41, 5.74) is 1.01. The van der Waals surface area contributed by atoms with Crippen LogP contribution in [-0.2, 0) is 9.53 Å². The Morgan fingerprint density at radius 1 is 1.26 bits per heavy atom. The third kappa shape index (κ3) is 5.21. The van der Waals surface area contributed by atoms with Crippen LogP contribution in [0.15, 0.2) is 54.8 Å². The first-order valence-electron chi connectivity index (χ1n) is 11.6. The summed E-state index contributed by atoms with van der Waals surface area (Å²) in [6, 6.07) is 11.3. The Morgan fingerprint density at radius 2 is 1.97 bits per heavy atom. The molecule has 3 aliphatic rings. The van der Waals surface area contributed by atoms with Gasteiger partial charge in [0.1, 0.15) is 5.76 Å². The second kappa shape index (κ2) is 9.17. The molecule has 4 rings (SSSR count). The van der Waals surface area contributed by atoms with Crippen molar-refractivity contribution in [1.29, 1.82) is 0 Å². The number of carboxylic acids is 1. The van der Waals surface area contributed by atoms with Gasteiger partial charge in [0.25, 0.3) is 0 Å². The van der Waals surface area contributed by atoms with Crippen LogP contribution in [-0.4, -0.2) is 54.8 Å². The second-order valence-electron chi connectivity index (χ2n) is 9.79. The molecule has 1 saturated heterocycles. The molecular formula is C26H36N2O3. The van der Waals surface area contributed by atoms with E-state index in [9.17, 15) is 9.90 Å². The second-order valence-corrected chi connectivity index (χ2v) is 9.79. The number of nitrogens with one attached hydrogen (secondary N) is 1. The molecule has 0 radical (unpaired) electrons. The number of rotatable bonds is 11. The van der Waals surface area contributed by atoms with E-state index in [0.717, 1.165) is 51.1 Å². The fourth-order valence-corrected chi connectivity index (χ4v) is 4.91. The van der Waals surface area contributed by atoms with E-state index in [0.29, 0.717) is 25.1 Å². The zero-order valence-corrected chi connectivity index (χ0v) is 18.7. The van der Waals surface area contributed by atoms with Crippen LogP contribution in [0.1, 0.15) is 50.5 Å². The highest BCUT2D eigenvalue weighted by Crippen LogP contribution is 2.47. The molecule has 2 unspecified atom stereocenters. The third-order valence-corrected chi connectivity index (χ3v) is 7.54. The number of hydrogen-bond donors (Lipinski definition) is 2. The van der Waals surface area contributed by atoms with Gasteiger partial charge in [-0.2, -0.15) is 0 Å². The zero-order valence-electron chi connectivity index (χ0n) is 18.7. The average molecular weight is 425 g/mol. The largest absolute Gasteiger partial charge is 0.493 e. The number of allylic oxidation sites excluding steroid dienone is 2. The summed E-state index contributed by atoms with van der Waals surface area (Å²) in [7, 11) is 0. The molecular weight excluding hydrogens is 388 g/mol. The van der Waals surface area contributed by atoms with Gasteiger partial charge in [0.2, 0.25) is 0 Å². The number of ether oxygens (including phenoxy) is 1. The van der Waals surface area contributed by atoms with E-state index >= 15 is 0 Å². The first-order chi connectivity index (χ1) is 15.0. The molecule has 31 heavy (non-hydrogen) atoms. The van der Waals surface area contributed by atoms with Crippen LogP contribution in [0.2, 0.25) is 0 Å². The van der Waals surface area contributed by atoms with Gasteiger partial charge >= 0.3 is 5.97 Å². The Hall–Kier alpha value is -2.11. The molecule has 3 fully saturated rings. The molecule has 0 aromatic heterocycles. The predicted molar refractivity (Wildman–Crippen MR) is 123 cm³/mol. The van der Waals surface area contributed by atoms with Crippen molar-refractivity contribution in [2.24, 2.45) is 10.8 Å². The fraction of sp³-hybridized carbons (Fsp3) is 0.577. The molecule has 2 atom stereocenters. The van der Waals surface area contributed by atoms with Crippen molar-refractivity contribution in [3.8, 4) is 0 Å². The van der Waals surface area contributed by atoms with Crippen LogP contribution in [0.5, 0.6) is 0 Å². The summed E-state index contributed by atoms with van der Waals surface area (Å²) in [6.45, 7) is 10.00. The normalized spacial score (nSPS) is 26.8. The number of benzene rings is 1. The van der Waals surface area contributed by atoms with E-state index in [-0.39, 0.29) is 5.41 Å². The van der Waals surface area contributed by atoms with Gasteiger partial charge in [0.15, 0.2) is 0 Å². The highest BCUT2D eigenvalue weighted by molar-refractivity contribution is 5.78. The maximum atomic E-state index is 11.6. The number of carboxylic acid groups (broad SMARTS) is 1. The van der Waals surface area contributed by atoms with Crippen molar-refractivity contribution in [2.75, 3.05) is 32.8 Å². The lowest BCUT2D eigenvalue weighted by Gasteiger charge is -2.42. The van der Waals surface area contributed by atoms with E-state index in [2.05, 4.69) is 47.1 Å². The van der Waals surface area contributed by atoms with Gasteiger partial charge in [0, 0.05) is 30.5 Å². The molecule has 1 heterocycles. The molecule has 0 amide bonds. The summed E-state index contributed by atoms with van der Waals surface area (Å²) in [5, 5.41) is 13.4. The summed E-state index contributed by atoms with van der Waals surface area (Å²) in [6.07, 6.45) is 8.61. The molecule has 2 N–H and O–H groups in total.